The highest BCUT2D eigenvalue weighted by Gasteiger charge is 2.41. The van der Waals surface area contributed by atoms with Gasteiger partial charge in [0.15, 0.2) is 0 Å². The van der Waals surface area contributed by atoms with E-state index in [2.05, 4.69) is 20.5 Å². The molecule has 0 saturated heterocycles. The number of rotatable bonds is 7. The summed E-state index contributed by atoms with van der Waals surface area (Å²) >= 11 is 0. The quantitative estimate of drug-likeness (QED) is 0.718. The molecule has 22 heavy (non-hydrogen) atoms. The number of nitrogens with one attached hydrogen (secondary N) is 2. The molecule has 1 aliphatic heterocycles. The van der Waals surface area contributed by atoms with Crippen molar-refractivity contribution in [1.29, 1.82) is 0 Å². The Kier molecular flexibility index (Phi) is 5.35. The zero-order valence-corrected chi connectivity index (χ0v) is 11.6. The molecule has 1 aromatic heterocycles. The van der Waals surface area contributed by atoms with Crippen molar-refractivity contribution in [3.8, 4) is 0 Å². The van der Waals surface area contributed by atoms with Crippen LogP contribution in [0.2, 0.25) is 0 Å². The largest absolute Gasteiger partial charge is 0.365 e. The molecule has 2 heterocycles. The number of alkyl halides is 4. The Bertz CT molecular complexity index is 498. The molecule has 0 spiro atoms. The van der Waals surface area contributed by atoms with Gasteiger partial charge in [-0.1, -0.05) is 0 Å². The summed E-state index contributed by atoms with van der Waals surface area (Å²) in [5, 5.41) is 9.87. The zero-order valence-electron chi connectivity index (χ0n) is 11.6. The summed E-state index contributed by atoms with van der Waals surface area (Å²) < 4.78 is 55.0. The number of fused-ring (bicyclic) bond motifs is 1. The molecule has 2 N–H and O–H groups in total. The van der Waals surface area contributed by atoms with Crippen LogP contribution >= 0.6 is 0 Å². The smallest absolute Gasteiger partial charge is 0.330 e. The second-order valence-corrected chi connectivity index (χ2v) is 4.86. The molecule has 6 nitrogen and oxygen atoms in total. The number of nitrogens with zero attached hydrogens (tertiary/aromatic N) is 2. The predicted octanol–water partition coefficient (Wildman–Crippen LogP) is 0.519. The normalized spacial score (nSPS) is 15.0. The van der Waals surface area contributed by atoms with Gasteiger partial charge in [-0.3, -0.25) is 9.48 Å². The molecule has 0 aromatic carbocycles. The third kappa shape index (κ3) is 4.41. The molecule has 0 aliphatic carbocycles. The Morgan fingerprint density at radius 2 is 2.32 bits per heavy atom. The van der Waals surface area contributed by atoms with Crippen molar-refractivity contribution in [3.63, 3.8) is 0 Å². The average Bonchev–Trinajstić information content (AvgIpc) is 2.87. The zero-order chi connectivity index (χ0) is 16.2. The average molecular weight is 324 g/mol. The molecule has 0 atom stereocenters. The van der Waals surface area contributed by atoms with Crippen LogP contribution in [0.25, 0.3) is 0 Å². The van der Waals surface area contributed by atoms with Crippen LogP contribution in [0.5, 0.6) is 0 Å². The molecule has 124 valence electrons. The van der Waals surface area contributed by atoms with Crippen LogP contribution in [-0.4, -0.2) is 47.8 Å². The lowest BCUT2D eigenvalue weighted by molar-refractivity contribution is -0.168. The van der Waals surface area contributed by atoms with E-state index < -0.39 is 31.5 Å². The van der Waals surface area contributed by atoms with Crippen molar-refractivity contribution >= 4 is 5.91 Å². The van der Waals surface area contributed by atoms with Gasteiger partial charge >= 0.3 is 12.3 Å². The highest BCUT2D eigenvalue weighted by molar-refractivity contribution is 5.77. The van der Waals surface area contributed by atoms with E-state index in [4.69, 9.17) is 0 Å². The van der Waals surface area contributed by atoms with Crippen LogP contribution in [0.4, 0.5) is 17.6 Å². The van der Waals surface area contributed by atoms with E-state index >= 15 is 0 Å². The summed E-state index contributed by atoms with van der Waals surface area (Å²) in [6.07, 6.45) is -3.82. The molecular formula is C12H16F4N4O2. The Balaban J connectivity index is 1.70. The van der Waals surface area contributed by atoms with Crippen LogP contribution in [-0.2, 0) is 29.2 Å². The lowest BCUT2D eigenvalue weighted by Crippen LogP contribution is -2.35. The van der Waals surface area contributed by atoms with Gasteiger partial charge in [-0.05, 0) is 6.07 Å². The van der Waals surface area contributed by atoms with E-state index in [1.54, 1.807) is 0 Å². The Labute approximate surface area is 123 Å². The number of aromatic nitrogens is 2. The minimum Gasteiger partial charge on any atom is -0.365 e. The van der Waals surface area contributed by atoms with Gasteiger partial charge in [0.05, 0.1) is 24.5 Å². The van der Waals surface area contributed by atoms with Crippen molar-refractivity contribution in [1.82, 2.24) is 20.4 Å². The number of carbonyl (C=O) groups is 1. The van der Waals surface area contributed by atoms with Crippen LogP contribution in [0.3, 0.4) is 0 Å². The van der Waals surface area contributed by atoms with Crippen molar-refractivity contribution < 1.29 is 27.1 Å². The van der Waals surface area contributed by atoms with Gasteiger partial charge < -0.3 is 15.4 Å². The molecule has 0 fully saturated rings. The summed E-state index contributed by atoms with van der Waals surface area (Å²) in [5.41, 5.74) is 1.62. The van der Waals surface area contributed by atoms with Crippen molar-refractivity contribution in [2.45, 2.75) is 32.0 Å². The SMILES string of the molecule is O=C(COCC(F)(F)C(F)F)NCc1cc2n(n1)CCNC2. The molecule has 1 aromatic rings. The standard InChI is InChI=1S/C12H16F4N4O2/c13-11(14)12(15,16)7-22-6-10(21)18-4-8-3-9-5-17-1-2-20(9)19-8/h3,11,17H,1-2,4-7H2,(H,18,21). The second-order valence-electron chi connectivity index (χ2n) is 4.86. The third-order valence-electron chi connectivity index (χ3n) is 3.03. The number of ether oxygens (including phenoxy) is 1. The van der Waals surface area contributed by atoms with Gasteiger partial charge in [0.2, 0.25) is 5.91 Å². The lowest BCUT2D eigenvalue weighted by atomic mass is 10.3. The van der Waals surface area contributed by atoms with E-state index in [1.807, 2.05) is 10.7 Å². The first kappa shape index (κ1) is 16.7. The highest BCUT2D eigenvalue weighted by atomic mass is 19.3. The molecule has 0 bridgehead atoms. The summed E-state index contributed by atoms with van der Waals surface area (Å²) in [6.45, 7) is 0.141. The molecule has 0 saturated carbocycles. The minimum absolute atomic E-state index is 0.118. The summed E-state index contributed by atoms with van der Waals surface area (Å²) in [4.78, 5) is 11.4. The Morgan fingerprint density at radius 1 is 1.55 bits per heavy atom. The van der Waals surface area contributed by atoms with Crippen molar-refractivity contribution in [3.05, 3.63) is 17.5 Å². The monoisotopic (exact) mass is 324 g/mol. The number of hydrogen-bond donors (Lipinski definition) is 2. The fourth-order valence-electron chi connectivity index (χ4n) is 1.92. The maximum atomic E-state index is 12.6. The first-order chi connectivity index (χ1) is 10.4. The van der Waals surface area contributed by atoms with Gasteiger partial charge in [0.25, 0.3) is 0 Å². The van der Waals surface area contributed by atoms with Gasteiger partial charge in [-0.25, -0.2) is 8.78 Å². The second kappa shape index (κ2) is 7.05. The van der Waals surface area contributed by atoms with Crippen LogP contribution in [0, 0.1) is 0 Å². The van der Waals surface area contributed by atoms with E-state index in [0.29, 0.717) is 12.2 Å². The van der Waals surface area contributed by atoms with E-state index in [1.165, 1.54) is 0 Å². The molecule has 10 heteroatoms. The molecule has 1 amide bonds. The Hall–Kier alpha value is -1.68. The summed E-state index contributed by atoms with van der Waals surface area (Å²) in [5.74, 6) is -4.93. The fourth-order valence-corrected chi connectivity index (χ4v) is 1.92. The van der Waals surface area contributed by atoms with Gasteiger partial charge in [-0.15, -0.1) is 0 Å². The van der Waals surface area contributed by atoms with Gasteiger partial charge in [-0.2, -0.15) is 13.9 Å². The summed E-state index contributed by atoms with van der Waals surface area (Å²) in [7, 11) is 0. The van der Waals surface area contributed by atoms with Gasteiger partial charge in [0.1, 0.15) is 13.2 Å². The molecule has 0 unspecified atom stereocenters. The van der Waals surface area contributed by atoms with Crippen molar-refractivity contribution in [2.24, 2.45) is 0 Å². The number of carbonyl (C=O) groups excluding carboxylic acids is 1. The molecule has 1 aliphatic rings. The molecule has 0 radical (unpaired) electrons. The van der Waals surface area contributed by atoms with Crippen LogP contribution in [0.1, 0.15) is 11.4 Å². The predicted molar refractivity (Wildman–Crippen MR) is 67.6 cm³/mol. The van der Waals surface area contributed by atoms with E-state index in [9.17, 15) is 22.4 Å². The van der Waals surface area contributed by atoms with Crippen LogP contribution < -0.4 is 10.6 Å². The maximum Gasteiger partial charge on any atom is 0.330 e. The number of hydrogen-bond acceptors (Lipinski definition) is 4. The maximum absolute atomic E-state index is 12.6. The fraction of sp³-hybridized carbons (Fsp3) is 0.667. The first-order valence-corrected chi connectivity index (χ1v) is 6.65. The van der Waals surface area contributed by atoms with E-state index in [-0.39, 0.29) is 6.54 Å². The molecule has 2 rings (SSSR count). The summed E-state index contributed by atoms with van der Waals surface area (Å²) in [6, 6.07) is 1.82. The van der Waals surface area contributed by atoms with Crippen LogP contribution in [0.15, 0.2) is 6.07 Å². The lowest BCUT2D eigenvalue weighted by Gasteiger charge is -2.14. The Morgan fingerprint density at radius 3 is 3.00 bits per heavy atom. The number of amides is 1. The topological polar surface area (TPSA) is 68.2 Å². The minimum atomic E-state index is -4.25. The first-order valence-electron chi connectivity index (χ1n) is 6.65. The van der Waals surface area contributed by atoms with Gasteiger partial charge in [0, 0.05) is 13.1 Å². The highest BCUT2D eigenvalue weighted by Crippen LogP contribution is 2.22. The third-order valence-corrected chi connectivity index (χ3v) is 3.03. The number of halogens is 4. The van der Waals surface area contributed by atoms with Crippen molar-refractivity contribution in [2.75, 3.05) is 19.8 Å². The molecular weight excluding hydrogens is 308 g/mol. The van der Waals surface area contributed by atoms with E-state index in [0.717, 1.165) is 18.8 Å².